The number of anilines is 1. The van der Waals surface area contributed by atoms with Crippen molar-refractivity contribution in [1.82, 2.24) is 4.98 Å². The summed E-state index contributed by atoms with van der Waals surface area (Å²) in [5.41, 5.74) is 0.787. The SMILES string of the molecule is CCC(CC)N(CCO)c1ccnc(F)c1. The molecule has 0 radical (unpaired) electrons. The highest BCUT2D eigenvalue weighted by Crippen LogP contribution is 2.20. The molecule has 0 saturated heterocycles. The number of rotatable bonds is 6. The summed E-state index contributed by atoms with van der Waals surface area (Å²) in [6.07, 6.45) is 3.40. The molecule has 1 heterocycles. The van der Waals surface area contributed by atoms with Crippen molar-refractivity contribution in [3.63, 3.8) is 0 Å². The first-order valence-electron chi connectivity index (χ1n) is 5.72. The van der Waals surface area contributed by atoms with Crippen molar-refractivity contribution in [3.8, 4) is 0 Å². The van der Waals surface area contributed by atoms with Crippen LogP contribution in [0.4, 0.5) is 10.1 Å². The van der Waals surface area contributed by atoms with Gasteiger partial charge in [0.2, 0.25) is 5.95 Å². The lowest BCUT2D eigenvalue weighted by Crippen LogP contribution is -2.36. The normalized spacial score (nSPS) is 10.8. The zero-order chi connectivity index (χ0) is 12.0. The Hall–Kier alpha value is -1.16. The molecule has 1 rings (SSSR count). The molecule has 0 atom stereocenters. The molecule has 16 heavy (non-hydrogen) atoms. The molecule has 90 valence electrons. The molecule has 1 aromatic heterocycles. The molecule has 0 aliphatic rings. The largest absolute Gasteiger partial charge is 0.395 e. The van der Waals surface area contributed by atoms with Crippen LogP contribution in [0.25, 0.3) is 0 Å². The fraction of sp³-hybridized carbons (Fsp3) is 0.583. The van der Waals surface area contributed by atoms with Gasteiger partial charge in [-0.15, -0.1) is 0 Å². The van der Waals surface area contributed by atoms with E-state index in [1.54, 1.807) is 6.07 Å². The Morgan fingerprint density at radius 1 is 1.44 bits per heavy atom. The third kappa shape index (κ3) is 3.17. The molecule has 0 spiro atoms. The minimum absolute atomic E-state index is 0.0699. The second kappa shape index (κ2) is 6.43. The van der Waals surface area contributed by atoms with Crippen molar-refractivity contribution in [2.45, 2.75) is 32.7 Å². The number of pyridine rings is 1. The van der Waals surface area contributed by atoms with Crippen molar-refractivity contribution in [3.05, 3.63) is 24.3 Å². The van der Waals surface area contributed by atoms with Gasteiger partial charge in [-0.25, -0.2) is 4.98 Å². The van der Waals surface area contributed by atoms with Crippen LogP contribution in [0, 0.1) is 5.95 Å². The van der Waals surface area contributed by atoms with E-state index in [1.807, 2.05) is 4.90 Å². The van der Waals surface area contributed by atoms with Gasteiger partial charge in [0, 0.05) is 30.5 Å². The Morgan fingerprint density at radius 3 is 2.62 bits per heavy atom. The van der Waals surface area contributed by atoms with Crippen molar-refractivity contribution in [2.75, 3.05) is 18.1 Å². The highest BCUT2D eigenvalue weighted by molar-refractivity contribution is 5.46. The number of aliphatic hydroxyl groups is 1. The van der Waals surface area contributed by atoms with Gasteiger partial charge >= 0.3 is 0 Å². The van der Waals surface area contributed by atoms with Gasteiger partial charge in [0.15, 0.2) is 0 Å². The van der Waals surface area contributed by atoms with Gasteiger partial charge in [-0.2, -0.15) is 4.39 Å². The van der Waals surface area contributed by atoms with E-state index in [4.69, 9.17) is 5.11 Å². The zero-order valence-corrected chi connectivity index (χ0v) is 9.86. The molecular formula is C12H19FN2O. The highest BCUT2D eigenvalue weighted by Gasteiger charge is 2.15. The van der Waals surface area contributed by atoms with E-state index in [2.05, 4.69) is 18.8 Å². The van der Waals surface area contributed by atoms with E-state index < -0.39 is 5.95 Å². The topological polar surface area (TPSA) is 36.4 Å². The van der Waals surface area contributed by atoms with Crippen LogP contribution in [-0.4, -0.2) is 29.3 Å². The maximum atomic E-state index is 13.0. The van der Waals surface area contributed by atoms with E-state index in [-0.39, 0.29) is 6.61 Å². The van der Waals surface area contributed by atoms with Gasteiger partial charge in [-0.1, -0.05) is 13.8 Å². The van der Waals surface area contributed by atoms with Crippen LogP contribution in [0.1, 0.15) is 26.7 Å². The molecule has 1 aromatic rings. The fourth-order valence-corrected chi connectivity index (χ4v) is 1.93. The van der Waals surface area contributed by atoms with Gasteiger partial charge in [0.25, 0.3) is 0 Å². The number of halogens is 1. The third-order valence-corrected chi connectivity index (χ3v) is 2.77. The van der Waals surface area contributed by atoms with Crippen LogP contribution in [0.5, 0.6) is 0 Å². The van der Waals surface area contributed by atoms with Crippen LogP contribution in [0.3, 0.4) is 0 Å². The first-order valence-corrected chi connectivity index (χ1v) is 5.72. The van der Waals surface area contributed by atoms with Crippen molar-refractivity contribution in [1.29, 1.82) is 0 Å². The number of hydrogen-bond acceptors (Lipinski definition) is 3. The highest BCUT2D eigenvalue weighted by atomic mass is 19.1. The molecule has 0 saturated carbocycles. The molecule has 0 aliphatic heterocycles. The smallest absolute Gasteiger partial charge is 0.214 e. The van der Waals surface area contributed by atoms with E-state index in [9.17, 15) is 4.39 Å². The van der Waals surface area contributed by atoms with E-state index >= 15 is 0 Å². The number of aromatic nitrogens is 1. The second-order valence-corrected chi connectivity index (χ2v) is 3.72. The molecule has 0 bridgehead atoms. The van der Waals surface area contributed by atoms with Crippen molar-refractivity contribution >= 4 is 5.69 Å². The minimum atomic E-state index is -0.480. The van der Waals surface area contributed by atoms with Crippen molar-refractivity contribution in [2.24, 2.45) is 0 Å². The maximum Gasteiger partial charge on any atom is 0.214 e. The van der Waals surface area contributed by atoms with Crippen LogP contribution in [-0.2, 0) is 0 Å². The molecule has 1 N–H and O–H groups in total. The quantitative estimate of drug-likeness (QED) is 0.755. The molecule has 0 unspecified atom stereocenters. The lowest BCUT2D eigenvalue weighted by atomic mass is 10.1. The van der Waals surface area contributed by atoms with Crippen LogP contribution < -0.4 is 4.90 Å². The first kappa shape index (κ1) is 12.9. The second-order valence-electron chi connectivity index (χ2n) is 3.72. The maximum absolute atomic E-state index is 13.0. The Labute approximate surface area is 95.9 Å². The number of hydrogen-bond donors (Lipinski definition) is 1. The van der Waals surface area contributed by atoms with Gasteiger partial charge < -0.3 is 10.0 Å². The predicted molar refractivity (Wildman–Crippen MR) is 63.0 cm³/mol. The van der Waals surface area contributed by atoms with E-state index in [0.717, 1.165) is 18.5 Å². The molecule has 3 nitrogen and oxygen atoms in total. The van der Waals surface area contributed by atoms with E-state index in [0.29, 0.717) is 12.6 Å². The Bertz CT molecular complexity index is 316. The average molecular weight is 226 g/mol. The molecular weight excluding hydrogens is 207 g/mol. The minimum Gasteiger partial charge on any atom is -0.395 e. The summed E-state index contributed by atoms with van der Waals surface area (Å²) in [6, 6.07) is 3.51. The Morgan fingerprint density at radius 2 is 2.12 bits per heavy atom. The van der Waals surface area contributed by atoms with Gasteiger partial charge in [-0.05, 0) is 18.9 Å². The zero-order valence-electron chi connectivity index (χ0n) is 9.86. The summed E-state index contributed by atoms with van der Waals surface area (Å²) in [6.45, 7) is 4.78. The summed E-state index contributed by atoms with van der Waals surface area (Å²) < 4.78 is 13.0. The third-order valence-electron chi connectivity index (χ3n) is 2.77. The number of aliphatic hydroxyl groups excluding tert-OH is 1. The summed E-state index contributed by atoms with van der Waals surface area (Å²) in [5.74, 6) is -0.480. The summed E-state index contributed by atoms with van der Waals surface area (Å²) >= 11 is 0. The molecule has 0 fully saturated rings. The monoisotopic (exact) mass is 226 g/mol. The summed E-state index contributed by atoms with van der Waals surface area (Å²) in [7, 11) is 0. The molecule has 0 aliphatic carbocycles. The Balaban J connectivity index is 2.91. The van der Waals surface area contributed by atoms with Crippen LogP contribution in [0.2, 0.25) is 0 Å². The van der Waals surface area contributed by atoms with Gasteiger partial charge in [0.05, 0.1) is 6.61 Å². The molecule has 0 amide bonds. The van der Waals surface area contributed by atoms with Crippen LogP contribution in [0.15, 0.2) is 18.3 Å². The standard InChI is InChI=1S/C12H19FN2O/c1-3-10(4-2)15(7-8-16)11-5-6-14-12(13)9-11/h5-6,9-10,16H,3-4,7-8H2,1-2H3. The van der Waals surface area contributed by atoms with Gasteiger partial charge in [-0.3, -0.25) is 0 Å². The fourth-order valence-electron chi connectivity index (χ4n) is 1.93. The van der Waals surface area contributed by atoms with Crippen LogP contribution >= 0.6 is 0 Å². The lowest BCUT2D eigenvalue weighted by molar-refractivity contribution is 0.296. The summed E-state index contributed by atoms with van der Waals surface area (Å²) in [5, 5.41) is 9.06. The lowest BCUT2D eigenvalue weighted by Gasteiger charge is -2.32. The molecule has 0 aromatic carbocycles. The number of nitrogens with zero attached hydrogens (tertiary/aromatic N) is 2. The van der Waals surface area contributed by atoms with E-state index in [1.165, 1.54) is 12.3 Å². The average Bonchev–Trinajstić information content (AvgIpc) is 2.29. The van der Waals surface area contributed by atoms with Crippen molar-refractivity contribution < 1.29 is 9.50 Å². The molecule has 4 heteroatoms. The predicted octanol–water partition coefficient (Wildman–Crippen LogP) is 2.21. The Kier molecular flexibility index (Phi) is 5.19. The summed E-state index contributed by atoms with van der Waals surface area (Å²) in [4.78, 5) is 5.57. The van der Waals surface area contributed by atoms with Gasteiger partial charge in [0.1, 0.15) is 0 Å². The first-order chi connectivity index (χ1) is 7.72.